The van der Waals surface area contributed by atoms with Crippen LogP contribution in [0.15, 0.2) is 27.8 Å². The molecule has 7 heteroatoms. The summed E-state index contributed by atoms with van der Waals surface area (Å²) in [5.41, 5.74) is 7.91. The van der Waals surface area contributed by atoms with Gasteiger partial charge >= 0.3 is 0 Å². The number of fused-ring (bicyclic) bond motifs is 1. The second kappa shape index (κ2) is 4.58. The summed E-state index contributed by atoms with van der Waals surface area (Å²) in [6.45, 7) is 1.91. The summed E-state index contributed by atoms with van der Waals surface area (Å²) >= 11 is 1.53. The number of oxazole rings is 1. The van der Waals surface area contributed by atoms with Crippen molar-refractivity contribution in [3.05, 3.63) is 29.9 Å². The van der Waals surface area contributed by atoms with Crippen LogP contribution in [0, 0.1) is 6.92 Å². The highest BCUT2D eigenvalue weighted by molar-refractivity contribution is 7.98. The molecule has 0 atom stereocenters. The van der Waals surface area contributed by atoms with E-state index in [4.69, 9.17) is 10.2 Å². The van der Waals surface area contributed by atoms with E-state index in [1.165, 1.54) is 11.8 Å². The van der Waals surface area contributed by atoms with Crippen LogP contribution in [0.5, 0.6) is 0 Å². The lowest BCUT2D eigenvalue weighted by Crippen LogP contribution is -1.93. The minimum Gasteiger partial charge on any atom is -0.440 e. The predicted molar refractivity (Wildman–Crippen MR) is 73.7 cm³/mol. The van der Waals surface area contributed by atoms with Gasteiger partial charge in [-0.15, -0.1) is 10.2 Å². The lowest BCUT2D eigenvalue weighted by atomic mass is 10.3. The van der Waals surface area contributed by atoms with Gasteiger partial charge in [0.2, 0.25) is 5.89 Å². The van der Waals surface area contributed by atoms with Crippen LogP contribution in [0.2, 0.25) is 0 Å². The summed E-state index contributed by atoms with van der Waals surface area (Å²) in [5, 5.41) is 8.93. The Morgan fingerprint density at radius 1 is 1.37 bits per heavy atom. The van der Waals surface area contributed by atoms with Gasteiger partial charge < -0.3 is 14.7 Å². The molecule has 3 rings (SSSR count). The van der Waals surface area contributed by atoms with Gasteiger partial charge in [-0.1, -0.05) is 17.8 Å². The molecular formula is C12H13N5OS. The van der Waals surface area contributed by atoms with E-state index in [-0.39, 0.29) is 0 Å². The number of nitrogens with zero attached hydrogens (tertiary/aromatic N) is 4. The van der Waals surface area contributed by atoms with Crippen molar-refractivity contribution in [3.8, 4) is 0 Å². The molecule has 0 saturated carbocycles. The molecule has 0 unspecified atom stereocenters. The van der Waals surface area contributed by atoms with Crippen LogP contribution in [0.4, 0.5) is 5.69 Å². The highest BCUT2D eigenvalue weighted by Crippen LogP contribution is 2.25. The number of hydrogen-bond acceptors (Lipinski definition) is 6. The zero-order chi connectivity index (χ0) is 13.4. The Morgan fingerprint density at radius 3 is 2.89 bits per heavy atom. The molecule has 0 amide bonds. The molecule has 98 valence electrons. The van der Waals surface area contributed by atoms with Gasteiger partial charge in [0.15, 0.2) is 10.7 Å². The number of hydrogen-bond donors (Lipinski definition) is 1. The van der Waals surface area contributed by atoms with E-state index in [0.717, 1.165) is 11.0 Å². The lowest BCUT2D eigenvalue weighted by Gasteiger charge is -1.98. The Kier molecular flexibility index (Phi) is 2.90. The fourth-order valence-corrected chi connectivity index (χ4v) is 2.52. The maximum Gasteiger partial charge on any atom is 0.206 e. The molecule has 6 nitrogen and oxygen atoms in total. The SMILES string of the molecule is Cc1nnc(SCc2nc3c(N)cccc3o2)n1C. The van der Waals surface area contributed by atoms with Crippen molar-refractivity contribution in [1.29, 1.82) is 0 Å². The third-order valence-electron chi connectivity index (χ3n) is 2.87. The van der Waals surface area contributed by atoms with E-state index < -0.39 is 0 Å². The topological polar surface area (TPSA) is 82.8 Å². The number of para-hydroxylation sites is 1. The number of aryl methyl sites for hydroxylation is 1. The Bertz CT molecular complexity index is 733. The van der Waals surface area contributed by atoms with Crippen LogP contribution in [-0.2, 0) is 12.8 Å². The Balaban J connectivity index is 1.82. The summed E-state index contributed by atoms with van der Waals surface area (Å²) < 4.78 is 7.58. The van der Waals surface area contributed by atoms with Crippen LogP contribution in [-0.4, -0.2) is 19.7 Å². The summed E-state index contributed by atoms with van der Waals surface area (Å²) in [4.78, 5) is 4.39. The molecule has 0 bridgehead atoms. The molecule has 0 fully saturated rings. The smallest absolute Gasteiger partial charge is 0.206 e. The van der Waals surface area contributed by atoms with Crippen molar-refractivity contribution in [3.63, 3.8) is 0 Å². The zero-order valence-electron chi connectivity index (χ0n) is 10.6. The monoisotopic (exact) mass is 275 g/mol. The lowest BCUT2D eigenvalue weighted by molar-refractivity contribution is 0.555. The normalized spacial score (nSPS) is 11.3. The van der Waals surface area contributed by atoms with E-state index in [0.29, 0.717) is 28.4 Å². The summed E-state index contributed by atoms with van der Waals surface area (Å²) in [6, 6.07) is 5.53. The van der Waals surface area contributed by atoms with E-state index >= 15 is 0 Å². The first-order valence-corrected chi connectivity index (χ1v) is 6.76. The van der Waals surface area contributed by atoms with Crippen molar-refractivity contribution in [2.24, 2.45) is 7.05 Å². The summed E-state index contributed by atoms with van der Waals surface area (Å²) in [7, 11) is 1.93. The summed E-state index contributed by atoms with van der Waals surface area (Å²) in [6.07, 6.45) is 0. The Labute approximate surface area is 114 Å². The molecule has 2 heterocycles. The van der Waals surface area contributed by atoms with Gasteiger partial charge in [0.05, 0.1) is 11.4 Å². The molecular weight excluding hydrogens is 262 g/mol. The van der Waals surface area contributed by atoms with Crippen molar-refractivity contribution in [1.82, 2.24) is 19.7 Å². The van der Waals surface area contributed by atoms with Crippen LogP contribution in [0.3, 0.4) is 0 Å². The fourth-order valence-electron chi connectivity index (χ4n) is 1.72. The number of anilines is 1. The highest BCUT2D eigenvalue weighted by atomic mass is 32.2. The van der Waals surface area contributed by atoms with Crippen molar-refractivity contribution in [2.45, 2.75) is 17.8 Å². The van der Waals surface area contributed by atoms with Gasteiger partial charge in [0, 0.05) is 7.05 Å². The quantitative estimate of drug-likeness (QED) is 0.582. The van der Waals surface area contributed by atoms with Gasteiger partial charge in [-0.3, -0.25) is 0 Å². The highest BCUT2D eigenvalue weighted by Gasteiger charge is 2.11. The molecule has 0 aliphatic rings. The standard InChI is InChI=1S/C12H13N5OS/c1-7-15-16-12(17(7)2)19-6-10-14-11-8(13)4-3-5-9(11)18-10/h3-5H,6,13H2,1-2H3. The number of aromatic nitrogens is 4. The van der Waals surface area contributed by atoms with E-state index in [1.54, 1.807) is 0 Å². The van der Waals surface area contributed by atoms with Crippen molar-refractivity contribution < 1.29 is 4.42 Å². The van der Waals surface area contributed by atoms with Crippen LogP contribution in [0.1, 0.15) is 11.7 Å². The van der Waals surface area contributed by atoms with Crippen molar-refractivity contribution in [2.75, 3.05) is 5.73 Å². The first kappa shape index (κ1) is 12.0. The number of nitrogen functional groups attached to an aromatic ring is 1. The zero-order valence-corrected chi connectivity index (χ0v) is 11.4. The molecule has 0 spiro atoms. The number of rotatable bonds is 3. The van der Waals surface area contributed by atoms with Gasteiger partial charge in [-0.25, -0.2) is 4.98 Å². The maximum atomic E-state index is 5.85. The molecule has 3 aromatic rings. The molecule has 1 aromatic carbocycles. The van der Waals surface area contributed by atoms with Crippen molar-refractivity contribution >= 4 is 28.5 Å². The second-order valence-corrected chi connectivity index (χ2v) is 5.12. The molecule has 0 saturated heterocycles. The number of thioether (sulfide) groups is 1. The van der Waals surface area contributed by atoms with Gasteiger partial charge in [-0.2, -0.15) is 0 Å². The first-order valence-electron chi connectivity index (χ1n) is 5.78. The Hall–Kier alpha value is -2.02. The molecule has 2 aromatic heterocycles. The molecule has 2 N–H and O–H groups in total. The minimum absolute atomic E-state index is 0.597. The molecule has 0 radical (unpaired) electrons. The number of benzene rings is 1. The van der Waals surface area contributed by atoms with Gasteiger partial charge in [-0.05, 0) is 19.1 Å². The Morgan fingerprint density at radius 2 is 2.21 bits per heavy atom. The molecule has 0 aliphatic heterocycles. The first-order chi connectivity index (χ1) is 9.15. The molecule has 0 aliphatic carbocycles. The average molecular weight is 275 g/mol. The largest absolute Gasteiger partial charge is 0.440 e. The third kappa shape index (κ3) is 2.17. The van der Waals surface area contributed by atoms with Crippen LogP contribution < -0.4 is 5.73 Å². The minimum atomic E-state index is 0.597. The van der Waals surface area contributed by atoms with Gasteiger partial charge in [0.25, 0.3) is 0 Å². The number of nitrogens with two attached hydrogens (primary N) is 1. The second-order valence-electron chi connectivity index (χ2n) is 4.18. The molecule has 19 heavy (non-hydrogen) atoms. The van der Waals surface area contributed by atoms with Crippen LogP contribution >= 0.6 is 11.8 Å². The maximum absolute atomic E-state index is 5.85. The third-order valence-corrected chi connectivity index (χ3v) is 3.88. The summed E-state index contributed by atoms with van der Waals surface area (Å²) in [5.74, 6) is 2.11. The van der Waals surface area contributed by atoms with E-state index in [2.05, 4.69) is 15.2 Å². The van der Waals surface area contributed by atoms with Crippen LogP contribution in [0.25, 0.3) is 11.1 Å². The van der Waals surface area contributed by atoms with Gasteiger partial charge in [0.1, 0.15) is 11.3 Å². The van der Waals surface area contributed by atoms with E-state index in [1.807, 2.05) is 36.7 Å². The average Bonchev–Trinajstić information content (AvgIpc) is 2.94. The van der Waals surface area contributed by atoms with E-state index in [9.17, 15) is 0 Å². The fraction of sp³-hybridized carbons (Fsp3) is 0.250. The predicted octanol–water partition coefficient (Wildman–Crippen LogP) is 2.14.